The first-order valence-corrected chi connectivity index (χ1v) is 9.89. The molecule has 0 amide bonds. The Hall–Kier alpha value is -3.65. The van der Waals surface area contributed by atoms with Crippen molar-refractivity contribution in [1.29, 1.82) is 0 Å². The molecular formula is C27H22N2. The molecule has 0 bridgehead atoms. The summed E-state index contributed by atoms with van der Waals surface area (Å²) in [5, 5.41) is 14.4. The van der Waals surface area contributed by atoms with E-state index in [1.807, 2.05) is 30.4 Å². The van der Waals surface area contributed by atoms with Crippen molar-refractivity contribution in [2.24, 2.45) is 5.10 Å². The Bertz CT molecular complexity index is 1350. The van der Waals surface area contributed by atoms with Crippen molar-refractivity contribution >= 4 is 44.2 Å². The van der Waals surface area contributed by atoms with Crippen LogP contribution in [-0.4, -0.2) is 13.3 Å². The average molecular weight is 374 g/mol. The van der Waals surface area contributed by atoms with Gasteiger partial charge in [-0.3, -0.25) is 5.01 Å². The number of hydrogen-bond acceptors (Lipinski definition) is 2. The van der Waals surface area contributed by atoms with E-state index >= 15 is 0 Å². The Labute approximate surface area is 170 Å². The van der Waals surface area contributed by atoms with Gasteiger partial charge in [0.1, 0.15) is 0 Å². The van der Waals surface area contributed by atoms with E-state index in [2.05, 4.69) is 79.4 Å². The molecule has 0 unspecified atom stereocenters. The van der Waals surface area contributed by atoms with Crippen molar-refractivity contribution in [2.75, 3.05) is 12.1 Å². The minimum absolute atomic E-state index is 0.828. The predicted molar refractivity (Wildman–Crippen MR) is 126 cm³/mol. The van der Waals surface area contributed by atoms with Crippen LogP contribution in [0, 0.1) is 0 Å². The van der Waals surface area contributed by atoms with Gasteiger partial charge < -0.3 is 0 Å². The fourth-order valence-electron chi connectivity index (χ4n) is 4.24. The molecule has 2 heteroatoms. The summed E-state index contributed by atoms with van der Waals surface area (Å²) in [6.45, 7) is 3.87. The number of para-hydroxylation sites is 1. The zero-order chi connectivity index (χ0) is 19.8. The van der Waals surface area contributed by atoms with Crippen LogP contribution in [0.3, 0.4) is 0 Å². The van der Waals surface area contributed by atoms with E-state index in [0.717, 1.165) is 17.7 Å². The van der Waals surface area contributed by atoms with Crippen LogP contribution < -0.4 is 5.01 Å². The molecule has 0 saturated carbocycles. The molecule has 0 atom stereocenters. The van der Waals surface area contributed by atoms with Crippen molar-refractivity contribution in [3.05, 3.63) is 103 Å². The van der Waals surface area contributed by atoms with Gasteiger partial charge in [-0.25, -0.2) is 0 Å². The zero-order valence-electron chi connectivity index (χ0n) is 16.5. The second-order valence-corrected chi connectivity index (χ2v) is 7.40. The van der Waals surface area contributed by atoms with Gasteiger partial charge in [-0.2, -0.15) is 5.10 Å². The number of benzene rings is 5. The van der Waals surface area contributed by atoms with Crippen LogP contribution in [0.5, 0.6) is 0 Å². The Morgan fingerprint density at radius 2 is 1.48 bits per heavy atom. The van der Waals surface area contributed by atoms with Gasteiger partial charge in [0.25, 0.3) is 0 Å². The Morgan fingerprint density at radius 3 is 2.28 bits per heavy atom. The third kappa shape index (κ3) is 2.94. The number of hydrogen-bond donors (Lipinski definition) is 0. The number of nitrogens with zero attached hydrogens (tertiary/aromatic N) is 2. The Balaban J connectivity index is 1.61. The zero-order valence-corrected chi connectivity index (χ0v) is 16.5. The van der Waals surface area contributed by atoms with E-state index in [-0.39, 0.29) is 0 Å². The summed E-state index contributed by atoms with van der Waals surface area (Å²) < 4.78 is 0. The molecule has 0 radical (unpaired) electrons. The highest BCUT2D eigenvalue weighted by Crippen LogP contribution is 2.35. The third-order valence-corrected chi connectivity index (χ3v) is 5.64. The van der Waals surface area contributed by atoms with Crippen LogP contribution in [0.4, 0.5) is 5.69 Å². The lowest BCUT2D eigenvalue weighted by Gasteiger charge is -2.17. The average Bonchev–Trinajstić information content (AvgIpc) is 2.77. The topological polar surface area (TPSA) is 15.6 Å². The highest BCUT2D eigenvalue weighted by Gasteiger charge is 2.10. The first-order chi connectivity index (χ1) is 14.3. The van der Waals surface area contributed by atoms with Crippen LogP contribution in [-0.2, 0) is 6.42 Å². The molecule has 0 aliphatic rings. The Morgan fingerprint density at radius 1 is 0.793 bits per heavy atom. The van der Waals surface area contributed by atoms with Crippen molar-refractivity contribution in [3.63, 3.8) is 0 Å². The summed E-state index contributed by atoms with van der Waals surface area (Å²) >= 11 is 0. The van der Waals surface area contributed by atoms with Gasteiger partial charge in [-0.15, -0.1) is 6.58 Å². The molecule has 140 valence electrons. The summed E-state index contributed by atoms with van der Waals surface area (Å²) in [5.74, 6) is 0. The van der Waals surface area contributed by atoms with Crippen LogP contribution in [0.1, 0.15) is 11.1 Å². The van der Waals surface area contributed by atoms with Gasteiger partial charge in [0.15, 0.2) is 0 Å². The maximum atomic E-state index is 4.76. The van der Waals surface area contributed by atoms with E-state index < -0.39 is 0 Å². The number of allylic oxidation sites excluding steroid dienone is 1. The molecule has 5 aromatic carbocycles. The third-order valence-electron chi connectivity index (χ3n) is 5.64. The van der Waals surface area contributed by atoms with E-state index in [1.54, 1.807) is 0 Å². The lowest BCUT2D eigenvalue weighted by molar-refractivity contribution is 1.01. The Kier molecular flexibility index (Phi) is 4.25. The molecule has 0 fully saturated rings. The van der Waals surface area contributed by atoms with Crippen molar-refractivity contribution in [1.82, 2.24) is 0 Å². The molecule has 0 spiro atoms. The molecule has 2 nitrogen and oxygen atoms in total. The molecule has 0 aromatic heterocycles. The lowest BCUT2D eigenvalue weighted by Crippen LogP contribution is -2.11. The normalized spacial score (nSPS) is 11.8. The maximum Gasteiger partial charge on any atom is 0.0625 e. The largest absolute Gasteiger partial charge is 0.268 e. The van der Waals surface area contributed by atoms with Crippen LogP contribution >= 0.6 is 0 Å². The first kappa shape index (κ1) is 17.4. The molecule has 0 aliphatic carbocycles. The molecule has 5 rings (SSSR count). The highest BCUT2D eigenvalue weighted by molar-refractivity contribution is 6.25. The van der Waals surface area contributed by atoms with Crippen molar-refractivity contribution in [2.45, 2.75) is 6.42 Å². The quantitative estimate of drug-likeness (QED) is 0.143. The van der Waals surface area contributed by atoms with Gasteiger partial charge in [-0.05, 0) is 50.4 Å². The minimum atomic E-state index is 0.828. The number of anilines is 1. The first-order valence-electron chi connectivity index (χ1n) is 9.89. The van der Waals surface area contributed by atoms with Crippen molar-refractivity contribution in [3.8, 4) is 0 Å². The number of rotatable bonds is 5. The fourth-order valence-corrected chi connectivity index (χ4v) is 4.24. The van der Waals surface area contributed by atoms with E-state index in [1.165, 1.54) is 37.9 Å². The van der Waals surface area contributed by atoms with Gasteiger partial charge in [0, 0.05) is 12.6 Å². The monoisotopic (exact) mass is 374 g/mol. The van der Waals surface area contributed by atoms with Crippen LogP contribution in [0.15, 0.2) is 96.6 Å². The van der Waals surface area contributed by atoms with E-state index in [4.69, 9.17) is 5.10 Å². The molecule has 29 heavy (non-hydrogen) atoms. The summed E-state index contributed by atoms with van der Waals surface area (Å²) in [6, 6.07) is 28.0. The van der Waals surface area contributed by atoms with Crippen LogP contribution in [0.2, 0.25) is 0 Å². The van der Waals surface area contributed by atoms with Gasteiger partial charge in [-0.1, -0.05) is 78.9 Å². The SMILES string of the molecule is C=CCc1ccccc1N(C)/N=C/c1ccc2ccc3cccc4ccc1c2c34. The maximum absolute atomic E-state index is 4.76. The minimum Gasteiger partial charge on any atom is -0.268 e. The van der Waals surface area contributed by atoms with E-state index in [9.17, 15) is 0 Å². The van der Waals surface area contributed by atoms with Crippen molar-refractivity contribution < 1.29 is 0 Å². The highest BCUT2D eigenvalue weighted by atomic mass is 15.4. The summed E-state index contributed by atoms with van der Waals surface area (Å²) in [5.41, 5.74) is 3.45. The summed E-state index contributed by atoms with van der Waals surface area (Å²) in [4.78, 5) is 0. The molecule has 0 aliphatic heterocycles. The molecule has 5 aromatic rings. The number of hydrazone groups is 1. The second kappa shape index (κ2) is 7.06. The standard InChI is InChI=1S/C27H22N2/c1-3-7-19-8-4-5-11-25(19)29(2)28-18-23-15-14-22-13-12-20-9-6-10-21-16-17-24(23)27(22)26(20)21/h3-6,8-18H,1,7H2,2H3/b28-18+. The lowest BCUT2D eigenvalue weighted by atomic mass is 9.92. The summed E-state index contributed by atoms with van der Waals surface area (Å²) in [6.07, 6.45) is 4.72. The molecule has 0 N–H and O–H groups in total. The predicted octanol–water partition coefficient (Wildman–Crippen LogP) is 6.78. The fraction of sp³-hybridized carbons (Fsp3) is 0.0741. The van der Waals surface area contributed by atoms with Gasteiger partial charge in [0.2, 0.25) is 0 Å². The summed E-state index contributed by atoms with van der Waals surface area (Å²) in [7, 11) is 1.99. The molecule has 0 heterocycles. The molecular weight excluding hydrogens is 352 g/mol. The van der Waals surface area contributed by atoms with Crippen LogP contribution in [0.25, 0.3) is 32.3 Å². The van der Waals surface area contributed by atoms with Gasteiger partial charge >= 0.3 is 0 Å². The van der Waals surface area contributed by atoms with E-state index in [0.29, 0.717) is 0 Å². The smallest absolute Gasteiger partial charge is 0.0625 e. The molecule has 0 saturated heterocycles. The second-order valence-electron chi connectivity index (χ2n) is 7.40. The van der Waals surface area contributed by atoms with Gasteiger partial charge in [0.05, 0.1) is 11.9 Å².